The van der Waals surface area contributed by atoms with Gasteiger partial charge in [0.05, 0.1) is 18.6 Å². The van der Waals surface area contributed by atoms with Gasteiger partial charge in [0, 0.05) is 32.2 Å². The molecule has 0 atom stereocenters. The third kappa shape index (κ3) is 5.10. The van der Waals surface area contributed by atoms with Crippen molar-refractivity contribution < 1.29 is 18.9 Å². The normalized spacial score (nSPS) is 14.4. The Morgan fingerprint density at radius 2 is 1.77 bits per heavy atom. The lowest BCUT2D eigenvalue weighted by Crippen LogP contribution is -2.46. The second-order valence-corrected chi connectivity index (χ2v) is 7.08. The van der Waals surface area contributed by atoms with E-state index in [4.69, 9.17) is 14.0 Å². The van der Waals surface area contributed by atoms with Gasteiger partial charge < -0.3 is 18.9 Å². The fraction of sp³-hybridized carbons (Fsp3) is 0.333. The van der Waals surface area contributed by atoms with E-state index in [-0.39, 0.29) is 17.2 Å². The summed E-state index contributed by atoms with van der Waals surface area (Å²) < 4.78 is 16.1. The van der Waals surface area contributed by atoms with Crippen LogP contribution in [0.1, 0.15) is 11.7 Å². The van der Waals surface area contributed by atoms with Crippen LogP contribution >= 0.6 is 0 Å². The van der Waals surface area contributed by atoms with Gasteiger partial charge in [-0.05, 0) is 30.3 Å². The van der Waals surface area contributed by atoms with Gasteiger partial charge in [0.1, 0.15) is 17.2 Å². The highest BCUT2D eigenvalue weighted by Crippen LogP contribution is 2.28. The quantitative estimate of drug-likeness (QED) is 0.398. The Morgan fingerprint density at radius 1 is 1.06 bits per heavy atom. The number of nitro groups is 1. The van der Waals surface area contributed by atoms with E-state index >= 15 is 0 Å². The van der Waals surface area contributed by atoms with Gasteiger partial charge in [0.15, 0.2) is 6.61 Å². The largest absolute Gasteiger partial charge is 0.497 e. The lowest BCUT2D eigenvalue weighted by atomic mass is 10.2. The molecule has 10 heteroatoms. The average Bonchev–Trinajstić information content (AvgIpc) is 3.26. The Bertz CT molecular complexity index is 1020. The van der Waals surface area contributed by atoms with Gasteiger partial charge >= 0.3 is 0 Å². The molecule has 0 saturated carbocycles. The number of benzene rings is 2. The second kappa shape index (κ2) is 9.43. The molecule has 0 radical (unpaired) electrons. The maximum atomic E-state index is 11.3. The number of para-hydroxylation sites is 2. The molecule has 1 fully saturated rings. The smallest absolute Gasteiger partial charge is 0.292 e. The second-order valence-electron chi connectivity index (χ2n) is 7.08. The molecular formula is C21H23N5O5. The number of hydrogen-bond acceptors (Lipinski definition) is 9. The number of anilines is 1. The van der Waals surface area contributed by atoms with Crippen molar-refractivity contribution in [2.24, 2.45) is 0 Å². The van der Waals surface area contributed by atoms with Crippen LogP contribution in [0.25, 0.3) is 0 Å². The van der Waals surface area contributed by atoms with Crippen LogP contribution in [0.2, 0.25) is 0 Å². The van der Waals surface area contributed by atoms with E-state index in [0.29, 0.717) is 42.8 Å². The van der Waals surface area contributed by atoms with Gasteiger partial charge in [0.2, 0.25) is 11.7 Å². The van der Waals surface area contributed by atoms with Crippen molar-refractivity contribution in [3.8, 4) is 11.5 Å². The van der Waals surface area contributed by atoms with Crippen molar-refractivity contribution in [1.29, 1.82) is 0 Å². The first-order valence-electron chi connectivity index (χ1n) is 9.91. The highest BCUT2D eigenvalue weighted by molar-refractivity contribution is 5.63. The molecule has 1 saturated heterocycles. The molecule has 3 aromatic rings. The Hall–Kier alpha value is -3.66. The fourth-order valence-corrected chi connectivity index (χ4v) is 3.46. The maximum absolute atomic E-state index is 11.3. The van der Waals surface area contributed by atoms with Gasteiger partial charge in [-0.2, -0.15) is 4.98 Å². The van der Waals surface area contributed by atoms with E-state index in [9.17, 15) is 10.1 Å². The van der Waals surface area contributed by atoms with Crippen molar-refractivity contribution in [2.45, 2.75) is 13.2 Å². The number of ether oxygens (including phenoxy) is 2. The molecule has 162 valence electrons. The summed E-state index contributed by atoms with van der Waals surface area (Å²) in [6.45, 7) is 3.60. The number of methoxy groups -OCH3 is 1. The zero-order valence-corrected chi connectivity index (χ0v) is 17.1. The van der Waals surface area contributed by atoms with E-state index in [1.807, 2.05) is 35.2 Å². The first-order valence-corrected chi connectivity index (χ1v) is 9.91. The molecule has 1 aliphatic rings. The molecule has 2 heterocycles. The van der Waals surface area contributed by atoms with Crippen LogP contribution in [0.15, 0.2) is 53.1 Å². The molecule has 4 rings (SSSR count). The van der Waals surface area contributed by atoms with Crippen molar-refractivity contribution in [3.63, 3.8) is 0 Å². The molecule has 0 bridgehead atoms. The molecule has 1 aliphatic heterocycles. The Kier molecular flexibility index (Phi) is 6.27. The molecule has 0 unspecified atom stereocenters. The topological polar surface area (TPSA) is 107 Å². The van der Waals surface area contributed by atoms with Crippen LogP contribution in [-0.4, -0.2) is 53.3 Å². The minimum Gasteiger partial charge on any atom is -0.497 e. The molecule has 0 amide bonds. The third-order valence-corrected chi connectivity index (χ3v) is 5.09. The predicted molar refractivity (Wildman–Crippen MR) is 112 cm³/mol. The maximum Gasteiger partial charge on any atom is 0.292 e. The summed E-state index contributed by atoms with van der Waals surface area (Å²) in [5.41, 5.74) is 0.789. The van der Waals surface area contributed by atoms with Crippen LogP contribution in [-0.2, 0) is 13.2 Å². The fourth-order valence-electron chi connectivity index (χ4n) is 3.46. The molecular weight excluding hydrogens is 402 g/mol. The van der Waals surface area contributed by atoms with Gasteiger partial charge in [-0.15, -0.1) is 0 Å². The predicted octanol–water partition coefficient (Wildman–Crippen LogP) is 2.89. The van der Waals surface area contributed by atoms with E-state index in [1.54, 1.807) is 19.2 Å². The number of aromatic nitrogens is 2. The zero-order chi connectivity index (χ0) is 21.6. The number of nitro benzene ring substituents is 1. The summed E-state index contributed by atoms with van der Waals surface area (Å²) in [6, 6.07) is 14.1. The third-order valence-electron chi connectivity index (χ3n) is 5.09. The number of nitrogens with zero attached hydrogens (tertiary/aromatic N) is 5. The molecule has 2 aromatic carbocycles. The van der Waals surface area contributed by atoms with E-state index in [1.165, 1.54) is 6.07 Å². The van der Waals surface area contributed by atoms with E-state index in [0.717, 1.165) is 18.8 Å². The van der Waals surface area contributed by atoms with Crippen LogP contribution in [0, 0.1) is 10.1 Å². The minimum atomic E-state index is -0.338. The van der Waals surface area contributed by atoms with Crippen LogP contribution in [0.4, 0.5) is 11.4 Å². The summed E-state index contributed by atoms with van der Waals surface area (Å²) in [7, 11) is 1.61. The average molecular weight is 425 g/mol. The van der Waals surface area contributed by atoms with Crippen LogP contribution in [0.3, 0.4) is 0 Å². The lowest BCUT2D eigenvalue weighted by Gasteiger charge is -2.35. The van der Waals surface area contributed by atoms with Crippen molar-refractivity contribution in [3.05, 3.63) is 70.4 Å². The monoisotopic (exact) mass is 425 g/mol. The van der Waals surface area contributed by atoms with Gasteiger partial charge in [0.25, 0.3) is 5.69 Å². The van der Waals surface area contributed by atoms with Gasteiger partial charge in [-0.25, -0.2) is 0 Å². The van der Waals surface area contributed by atoms with Gasteiger partial charge in [-0.1, -0.05) is 17.3 Å². The Balaban J connectivity index is 1.27. The highest BCUT2D eigenvalue weighted by Gasteiger charge is 2.24. The zero-order valence-electron chi connectivity index (χ0n) is 17.1. The van der Waals surface area contributed by atoms with Crippen molar-refractivity contribution in [1.82, 2.24) is 15.0 Å². The summed E-state index contributed by atoms with van der Waals surface area (Å²) in [5, 5.41) is 15.2. The number of hydrogen-bond donors (Lipinski definition) is 0. The summed E-state index contributed by atoms with van der Waals surface area (Å²) >= 11 is 0. The highest BCUT2D eigenvalue weighted by atomic mass is 16.6. The molecule has 0 spiro atoms. The number of piperazine rings is 1. The molecule has 10 nitrogen and oxygen atoms in total. The standard InChI is InChI=1S/C21H23N5O5/c1-29-16-6-8-17(9-7-16)30-15-20-22-21(31-23-20)14-24-10-12-25(13-11-24)18-4-2-3-5-19(18)26(27)28/h2-9H,10-15H2,1H3. The SMILES string of the molecule is COc1ccc(OCc2noc(CN3CCN(c4ccccc4[N+](=O)[O-])CC3)n2)cc1. The minimum absolute atomic E-state index is 0.134. The molecule has 0 N–H and O–H groups in total. The van der Waals surface area contributed by atoms with E-state index < -0.39 is 0 Å². The van der Waals surface area contributed by atoms with Crippen LogP contribution < -0.4 is 14.4 Å². The Morgan fingerprint density at radius 3 is 2.48 bits per heavy atom. The molecule has 31 heavy (non-hydrogen) atoms. The first-order chi connectivity index (χ1) is 15.1. The summed E-state index contributed by atoms with van der Waals surface area (Å²) in [4.78, 5) is 19.6. The molecule has 0 aliphatic carbocycles. The Labute approximate surface area is 179 Å². The van der Waals surface area contributed by atoms with Gasteiger partial charge in [-0.3, -0.25) is 15.0 Å². The van der Waals surface area contributed by atoms with Crippen molar-refractivity contribution >= 4 is 11.4 Å². The first kappa shape index (κ1) is 20.6. The summed E-state index contributed by atoms with van der Waals surface area (Å²) in [5.74, 6) is 2.45. The van der Waals surface area contributed by atoms with Crippen molar-refractivity contribution in [2.75, 3.05) is 38.2 Å². The number of rotatable bonds is 8. The lowest BCUT2D eigenvalue weighted by molar-refractivity contribution is -0.384. The van der Waals surface area contributed by atoms with Crippen LogP contribution in [0.5, 0.6) is 11.5 Å². The van der Waals surface area contributed by atoms with E-state index in [2.05, 4.69) is 15.0 Å². The molecule has 1 aromatic heterocycles. The summed E-state index contributed by atoms with van der Waals surface area (Å²) in [6.07, 6.45) is 0.